The highest BCUT2D eigenvalue weighted by Gasteiger charge is 2.27. The molecule has 1 aromatic rings. The molecule has 104 valence electrons. The number of aliphatic carboxylic acids is 1. The van der Waals surface area contributed by atoms with Crippen molar-refractivity contribution in [1.82, 2.24) is 4.90 Å². The number of carbonyl (C=O) groups is 1. The minimum Gasteiger partial charge on any atom is -0.480 e. The molecule has 1 saturated heterocycles. The highest BCUT2D eigenvalue weighted by molar-refractivity contribution is 6.30. The Bertz CT molecular complexity index is 419. The van der Waals surface area contributed by atoms with Gasteiger partial charge in [-0.25, -0.2) is 0 Å². The molecule has 0 spiro atoms. The Morgan fingerprint density at radius 3 is 2.74 bits per heavy atom. The molecule has 2 rings (SSSR count). The zero-order valence-corrected chi connectivity index (χ0v) is 11.8. The van der Waals surface area contributed by atoms with Crippen molar-refractivity contribution in [3.63, 3.8) is 0 Å². The van der Waals surface area contributed by atoms with E-state index in [1.54, 1.807) is 0 Å². The van der Waals surface area contributed by atoms with Crippen molar-refractivity contribution in [3.05, 3.63) is 34.9 Å². The molecule has 0 aromatic heterocycles. The normalized spacial score (nSPS) is 20.4. The third-order valence-corrected chi connectivity index (χ3v) is 3.97. The molecule has 0 radical (unpaired) electrons. The molecule has 1 unspecified atom stereocenters. The summed E-state index contributed by atoms with van der Waals surface area (Å²) in [6, 6.07) is 7.59. The predicted molar refractivity (Wildman–Crippen MR) is 76.6 cm³/mol. The number of carboxylic acids is 1. The standard InChI is InChI=1S/C15H20ClNO2/c16-13-8-6-12(7-9-13)4-3-11-17-10-2-1-5-14(17)15(18)19/h6-9,14H,1-5,10-11H2,(H,18,19). The fourth-order valence-corrected chi connectivity index (χ4v) is 2.80. The van der Waals surface area contributed by atoms with Crippen molar-refractivity contribution in [2.75, 3.05) is 13.1 Å². The van der Waals surface area contributed by atoms with Gasteiger partial charge in [0.1, 0.15) is 6.04 Å². The number of benzene rings is 1. The fourth-order valence-electron chi connectivity index (χ4n) is 2.68. The molecule has 1 fully saturated rings. The topological polar surface area (TPSA) is 40.5 Å². The van der Waals surface area contributed by atoms with Gasteiger partial charge >= 0.3 is 5.97 Å². The molecule has 1 aromatic carbocycles. The maximum Gasteiger partial charge on any atom is 0.320 e. The van der Waals surface area contributed by atoms with Gasteiger partial charge in [-0.05, 0) is 56.5 Å². The van der Waals surface area contributed by atoms with Gasteiger partial charge in [-0.1, -0.05) is 30.2 Å². The van der Waals surface area contributed by atoms with Crippen molar-refractivity contribution in [3.8, 4) is 0 Å². The summed E-state index contributed by atoms with van der Waals surface area (Å²) in [6.45, 7) is 1.77. The number of rotatable bonds is 5. The van der Waals surface area contributed by atoms with Gasteiger partial charge in [0.2, 0.25) is 0 Å². The van der Waals surface area contributed by atoms with E-state index < -0.39 is 5.97 Å². The Balaban J connectivity index is 1.80. The number of hydrogen-bond donors (Lipinski definition) is 1. The van der Waals surface area contributed by atoms with Gasteiger partial charge in [0, 0.05) is 5.02 Å². The molecule has 1 aliphatic rings. The summed E-state index contributed by atoms with van der Waals surface area (Å²) in [6.07, 6.45) is 4.90. The second kappa shape index (κ2) is 6.92. The lowest BCUT2D eigenvalue weighted by Crippen LogP contribution is -2.45. The van der Waals surface area contributed by atoms with Crippen LogP contribution in [0.4, 0.5) is 0 Å². The van der Waals surface area contributed by atoms with E-state index >= 15 is 0 Å². The summed E-state index contributed by atoms with van der Waals surface area (Å²) in [7, 11) is 0. The first-order valence-corrected chi connectivity index (χ1v) is 7.26. The summed E-state index contributed by atoms with van der Waals surface area (Å²) < 4.78 is 0. The van der Waals surface area contributed by atoms with Crippen LogP contribution in [0.5, 0.6) is 0 Å². The minimum atomic E-state index is -0.675. The Morgan fingerprint density at radius 1 is 1.32 bits per heavy atom. The lowest BCUT2D eigenvalue weighted by molar-refractivity contribution is -0.144. The number of aryl methyl sites for hydroxylation is 1. The smallest absolute Gasteiger partial charge is 0.320 e. The van der Waals surface area contributed by atoms with Crippen LogP contribution in [0.2, 0.25) is 5.02 Å². The lowest BCUT2D eigenvalue weighted by atomic mass is 10.0. The van der Waals surface area contributed by atoms with Gasteiger partial charge in [0.15, 0.2) is 0 Å². The maximum atomic E-state index is 11.2. The van der Waals surface area contributed by atoms with Gasteiger partial charge in [-0.2, -0.15) is 0 Å². The summed E-state index contributed by atoms with van der Waals surface area (Å²) in [5, 5.41) is 9.95. The number of piperidine rings is 1. The molecule has 0 amide bonds. The Hall–Kier alpha value is -1.06. The first kappa shape index (κ1) is 14.4. The number of carboxylic acid groups (broad SMARTS) is 1. The zero-order chi connectivity index (χ0) is 13.7. The third-order valence-electron chi connectivity index (χ3n) is 3.72. The molecule has 3 nitrogen and oxygen atoms in total. The average Bonchev–Trinajstić information content (AvgIpc) is 2.41. The quantitative estimate of drug-likeness (QED) is 0.901. The number of likely N-dealkylation sites (tertiary alicyclic amines) is 1. The molecule has 0 saturated carbocycles. The molecular weight excluding hydrogens is 262 g/mol. The molecule has 0 aliphatic carbocycles. The van der Waals surface area contributed by atoms with Crippen molar-refractivity contribution in [2.45, 2.75) is 38.1 Å². The van der Waals surface area contributed by atoms with Gasteiger partial charge < -0.3 is 5.11 Å². The molecule has 19 heavy (non-hydrogen) atoms. The van der Waals surface area contributed by atoms with E-state index in [0.717, 1.165) is 50.2 Å². The summed E-state index contributed by atoms with van der Waals surface area (Å²) in [5.41, 5.74) is 1.26. The van der Waals surface area contributed by atoms with Crippen LogP contribution in [0.25, 0.3) is 0 Å². The van der Waals surface area contributed by atoms with E-state index in [1.165, 1.54) is 5.56 Å². The van der Waals surface area contributed by atoms with Crippen LogP contribution in [0.3, 0.4) is 0 Å². The number of nitrogens with zero attached hydrogens (tertiary/aromatic N) is 1. The second-order valence-corrected chi connectivity index (χ2v) is 5.55. The number of halogens is 1. The fraction of sp³-hybridized carbons (Fsp3) is 0.533. The van der Waals surface area contributed by atoms with Gasteiger partial charge in [0.05, 0.1) is 0 Å². The average molecular weight is 282 g/mol. The van der Waals surface area contributed by atoms with E-state index in [4.69, 9.17) is 11.6 Å². The SMILES string of the molecule is O=C(O)C1CCCCN1CCCc1ccc(Cl)cc1. The summed E-state index contributed by atoms with van der Waals surface area (Å²) in [4.78, 5) is 13.3. The molecule has 0 bridgehead atoms. The van der Waals surface area contributed by atoms with Crippen LogP contribution >= 0.6 is 11.6 Å². The lowest BCUT2D eigenvalue weighted by Gasteiger charge is -2.32. The summed E-state index contributed by atoms with van der Waals surface area (Å²) >= 11 is 5.85. The van der Waals surface area contributed by atoms with Gasteiger partial charge in [-0.15, -0.1) is 0 Å². The van der Waals surface area contributed by atoms with Crippen molar-refractivity contribution >= 4 is 17.6 Å². The molecule has 4 heteroatoms. The minimum absolute atomic E-state index is 0.279. The first-order chi connectivity index (χ1) is 9.16. The molecular formula is C15H20ClNO2. The van der Waals surface area contributed by atoms with Crippen LogP contribution in [0.15, 0.2) is 24.3 Å². The molecule has 1 heterocycles. The van der Waals surface area contributed by atoms with Crippen LogP contribution in [-0.2, 0) is 11.2 Å². The van der Waals surface area contributed by atoms with Crippen molar-refractivity contribution in [1.29, 1.82) is 0 Å². The highest BCUT2D eigenvalue weighted by atomic mass is 35.5. The molecule has 1 aliphatic heterocycles. The van der Waals surface area contributed by atoms with Crippen LogP contribution in [0, 0.1) is 0 Å². The molecule has 1 atom stereocenters. The Kier molecular flexibility index (Phi) is 5.23. The highest BCUT2D eigenvalue weighted by Crippen LogP contribution is 2.18. The van der Waals surface area contributed by atoms with Gasteiger partial charge in [0.25, 0.3) is 0 Å². The van der Waals surface area contributed by atoms with E-state index in [1.807, 2.05) is 24.3 Å². The Morgan fingerprint density at radius 2 is 2.05 bits per heavy atom. The molecule has 1 N–H and O–H groups in total. The number of hydrogen-bond acceptors (Lipinski definition) is 2. The van der Waals surface area contributed by atoms with E-state index in [2.05, 4.69) is 4.90 Å². The van der Waals surface area contributed by atoms with Crippen molar-refractivity contribution in [2.24, 2.45) is 0 Å². The monoisotopic (exact) mass is 281 g/mol. The first-order valence-electron chi connectivity index (χ1n) is 6.88. The van der Waals surface area contributed by atoms with Crippen LogP contribution < -0.4 is 0 Å². The van der Waals surface area contributed by atoms with E-state index in [9.17, 15) is 9.90 Å². The maximum absolute atomic E-state index is 11.2. The predicted octanol–water partition coefficient (Wildman–Crippen LogP) is 3.21. The van der Waals surface area contributed by atoms with Crippen molar-refractivity contribution < 1.29 is 9.90 Å². The third kappa shape index (κ3) is 4.22. The van der Waals surface area contributed by atoms with E-state index in [-0.39, 0.29) is 6.04 Å². The zero-order valence-electron chi connectivity index (χ0n) is 11.0. The largest absolute Gasteiger partial charge is 0.480 e. The van der Waals surface area contributed by atoms with Gasteiger partial charge in [-0.3, -0.25) is 9.69 Å². The summed E-state index contributed by atoms with van der Waals surface area (Å²) in [5.74, 6) is -0.675. The Labute approximate surface area is 119 Å². The van der Waals surface area contributed by atoms with E-state index in [0.29, 0.717) is 0 Å². The second-order valence-electron chi connectivity index (χ2n) is 5.12. The van der Waals surface area contributed by atoms with Crippen LogP contribution in [0.1, 0.15) is 31.2 Å². The van der Waals surface area contributed by atoms with Crippen LogP contribution in [-0.4, -0.2) is 35.1 Å².